The Bertz CT molecular complexity index is 571. The Morgan fingerprint density at radius 1 is 1.30 bits per heavy atom. The maximum atomic E-state index is 9.62. The number of aliphatic hydroxyl groups excluding tert-OH is 1. The quantitative estimate of drug-likeness (QED) is 0.632. The standard InChI is InChI=1S/C15H21N3OS/c1-11(2)18-15(3,8-19)9-20-14-12-6-4-5-7-13(12)16-10-17-14/h4-7,10-11,18-19H,8-9H2,1-3H3. The maximum absolute atomic E-state index is 9.62. The second-order valence-electron chi connectivity index (χ2n) is 5.50. The van der Waals surface area contributed by atoms with Crippen molar-refractivity contribution in [1.82, 2.24) is 15.3 Å². The normalized spacial score (nSPS) is 14.7. The van der Waals surface area contributed by atoms with Crippen molar-refractivity contribution in [1.29, 1.82) is 0 Å². The Morgan fingerprint density at radius 2 is 2.05 bits per heavy atom. The molecule has 108 valence electrons. The minimum Gasteiger partial charge on any atom is -0.394 e. The number of para-hydroxylation sites is 1. The van der Waals surface area contributed by atoms with Gasteiger partial charge in [-0.25, -0.2) is 9.97 Å². The molecule has 0 spiro atoms. The van der Waals surface area contributed by atoms with Crippen LogP contribution in [0.4, 0.5) is 0 Å². The molecule has 0 bridgehead atoms. The lowest BCUT2D eigenvalue weighted by atomic mass is 10.1. The van der Waals surface area contributed by atoms with Gasteiger partial charge in [0.1, 0.15) is 11.4 Å². The van der Waals surface area contributed by atoms with Gasteiger partial charge in [-0.2, -0.15) is 0 Å². The zero-order valence-corrected chi connectivity index (χ0v) is 12.9. The molecule has 0 radical (unpaired) electrons. The molecule has 1 heterocycles. The van der Waals surface area contributed by atoms with Gasteiger partial charge in [-0.05, 0) is 13.0 Å². The van der Waals surface area contributed by atoms with Crippen LogP contribution in [0.5, 0.6) is 0 Å². The van der Waals surface area contributed by atoms with Crippen LogP contribution in [-0.4, -0.2) is 39.0 Å². The van der Waals surface area contributed by atoms with Crippen LogP contribution in [0.25, 0.3) is 10.9 Å². The zero-order valence-electron chi connectivity index (χ0n) is 12.1. The first-order valence-corrected chi connectivity index (χ1v) is 7.74. The number of rotatable bonds is 6. The topological polar surface area (TPSA) is 58.0 Å². The minimum absolute atomic E-state index is 0.0984. The highest BCUT2D eigenvalue weighted by Crippen LogP contribution is 2.27. The molecule has 4 nitrogen and oxygen atoms in total. The first-order valence-electron chi connectivity index (χ1n) is 6.75. The van der Waals surface area contributed by atoms with Crippen LogP contribution in [0, 0.1) is 0 Å². The zero-order chi connectivity index (χ0) is 14.6. The van der Waals surface area contributed by atoms with Gasteiger partial charge in [0.05, 0.1) is 12.1 Å². The molecule has 5 heteroatoms. The Hall–Kier alpha value is -1.17. The highest BCUT2D eigenvalue weighted by Gasteiger charge is 2.24. The molecule has 2 N–H and O–H groups in total. The van der Waals surface area contributed by atoms with E-state index in [1.54, 1.807) is 18.1 Å². The van der Waals surface area contributed by atoms with Gasteiger partial charge in [-0.3, -0.25) is 0 Å². The molecular weight excluding hydrogens is 270 g/mol. The number of hydrogen-bond acceptors (Lipinski definition) is 5. The molecule has 0 saturated heterocycles. The lowest BCUT2D eigenvalue weighted by molar-refractivity contribution is 0.183. The summed E-state index contributed by atoms with van der Waals surface area (Å²) in [7, 11) is 0. The summed E-state index contributed by atoms with van der Waals surface area (Å²) in [5.74, 6) is 0.753. The van der Waals surface area contributed by atoms with Gasteiger partial charge in [0.15, 0.2) is 0 Å². The summed E-state index contributed by atoms with van der Waals surface area (Å²) in [5, 5.41) is 15.0. The summed E-state index contributed by atoms with van der Waals surface area (Å²) < 4.78 is 0. The summed E-state index contributed by atoms with van der Waals surface area (Å²) in [6.07, 6.45) is 1.59. The molecule has 2 rings (SSSR count). The van der Waals surface area contributed by atoms with Gasteiger partial charge in [0.25, 0.3) is 0 Å². The van der Waals surface area contributed by atoms with Crippen molar-refractivity contribution in [3.8, 4) is 0 Å². The fourth-order valence-electron chi connectivity index (χ4n) is 2.15. The first-order chi connectivity index (χ1) is 9.54. The molecule has 0 amide bonds. The van der Waals surface area contributed by atoms with Gasteiger partial charge in [0, 0.05) is 22.7 Å². The third-order valence-corrected chi connectivity index (χ3v) is 4.40. The second kappa shape index (κ2) is 6.52. The van der Waals surface area contributed by atoms with E-state index < -0.39 is 0 Å². The van der Waals surface area contributed by atoms with Crippen molar-refractivity contribution in [3.05, 3.63) is 30.6 Å². The van der Waals surface area contributed by atoms with E-state index in [9.17, 15) is 5.11 Å². The van der Waals surface area contributed by atoms with E-state index in [0.29, 0.717) is 6.04 Å². The largest absolute Gasteiger partial charge is 0.394 e. The van der Waals surface area contributed by atoms with E-state index in [1.165, 1.54) is 0 Å². The number of thioether (sulfide) groups is 1. The number of aliphatic hydroxyl groups is 1. The molecule has 0 aliphatic heterocycles. The molecule has 0 aliphatic rings. The van der Waals surface area contributed by atoms with Crippen LogP contribution in [-0.2, 0) is 0 Å². The number of aromatic nitrogens is 2. The van der Waals surface area contributed by atoms with E-state index >= 15 is 0 Å². The summed E-state index contributed by atoms with van der Waals surface area (Å²) >= 11 is 1.65. The molecule has 1 aromatic heterocycles. The van der Waals surface area contributed by atoms with Crippen LogP contribution >= 0.6 is 11.8 Å². The number of nitrogens with zero attached hydrogens (tertiary/aromatic N) is 2. The van der Waals surface area contributed by atoms with Gasteiger partial charge in [-0.15, -0.1) is 11.8 Å². The average Bonchev–Trinajstić information content (AvgIpc) is 2.44. The Morgan fingerprint density at radius 3 is 2.75 bits per heavy atom. The summed E-state index contributed by atoms with van der Waals surface area (Å²) in [6, 6.07) is 8.31. The molecule has 0 saturated carbocycles. The van der Waals surface area contributed by atoms with Gasteiger partial charge in [-0.1, -0.05) is 32.0 Å². The Kier molecular flexibility index (Phi) is 4.96. The predicted octanol–water partition coefficient (Wildman–Crippen LogP) is 2.47. The van der Waals surface area contributed by atoms with Gasteiger partial charge < -0.3 is 10.4 Å². The second-order valence-corrected chi connectivity index (χ2v) is 6.47. The molecule has 0 aliphatic carbocycles. The van der Waals surface area contributed by atoms with E-state index in [2.05, 4.69) is 29.1 Å². The van der Waals surface area contributed by atoms with Crippen LogP contribution in [0.1, 0.15) is 20.8 Å². The summed E-state index contributed by atoms with van der Waals surface area (Å²) in [4.78, 5) is 8.63. The van der Waals surface area contributed by atoms with Gasteiger partial charge >= 0.3 is 0 Å². The first kappa shape index (κ1) is 15.2. The number of hydrogen-bond donors (Lipinski definition) is 2. The Balaban J connectivity index is 2.16. The molecule has 2 aromatic rings. The minimum atomic E-state index is -0.315. The fraction of sp³-hybridized carbons (Fsp3) is 0.467. The molecule has 0 fully saturated rings. The van der Waals surface area contributed by atoms with Crippen molar-refractivity contribution in [2.75, 3.05) is 12.4 Å². The van der Waals surface area contributed by atoms with E-state index in [-0.39, 0.29) is 12.1 Å². The van der Waals surface area contributed by atoms with Crippen molar-refractivity contribution in [2.24, 2.45) is 0 Å². The van der Waals surface area contributed by atoms with E-state index in [4.69, 9.17) is 0 Å². The van der Waals surface area contributed by atoms with E-state index in [1.807, 2.05) is 31.2 Å². The van der Waals surface area contributed by atoms with Crippen molar-refractivity contribution in [3.63, 3.8) is 0 Å². The SMILES string of the molecule is CC(C)NC(C)(CO)CSc1ncnc2ccccc12. The smallest absolute Gasteiger partial charge is 0.117 e. The number of fused-ring (bicyclic) bond motifs is 1. The third-order valence-electron chi connectivity index (χ3n) is 3.02. The molecule has 20 heavy (non-hydrogen) atoms. The average molecular weight is 291 g/mol. The van der Waals surface area contributed by atoms with Crippen LogP contribution in [0.2, 0.25) is 0 Å². The third kappa shape index (κ3) is 3.69. The number of nitrogens with one attached hydrogen (secondary N) is 1. The lowest BCUT2D eigenvalue weighted by Crippen LogP contribution is -2.51. The van der Waals surface area contributed by atoms with Crippen molar-refractivity contribution >= 4 is 22.7 Å². The fourth-order valence-corrected chi connectivity index (χ4v) is 3.23. The van der Waals surface area contributed by atoms with Crippen molar-refractivity contribution in [2.45, 2.75) is 37.4 Å². The highest BCUT2D eigenvalue weighted by atomic mass is 32.2. The van der Waals surface area contributed by atoms with Crippen LogP contribution in [0.3, 0.4) is 0 Å². The van der Waals surface area contributed by atoms with Crippen LogP contribution < -0.4 is 5.32 Å². The molecule has 1 atom stereocenters. The van der Waals surface area contributed by atoms with Crippen molar-refractivity contribution < 1.29 is 5.11 Å². The number of benzene rings is 1. The maximum Gasteiger partial charge on any atom is 0.117 e. The van der Waals surface area contributed by atoms with Gasteiger partial charge in [0.2, 0.25) is 0 Å². The molecular formula is C15H21N3OS. The Labute approximate surface area is 124 Å². The summed E-state index contributed by atoms with van der Waals surface area (Å²) in [5.41, 5.74) is 0.637. The monoisotopic (exact) mass is 291 g/mol. The highest BCUT2D eigenvalue weighted by molar-refractivity contribution is 7.99. The lowest BCUT2D eigenvalue weighted by Gasteiger charge is -2.30. The molecule has 1 aromatic carbocycles. The summed E-state index contributed by atoms with van der Waals surface area (Å²) in [6.45, 7) is 6.29. The molecule has 1 unspecified atom stereocenters. The predicted molar refractivity (Wildman–Crippen MR) is 84.0 cm³/mol. The van der Waals surface area contributed by atoms with Crippen LogP contribution in [0.15, 0.2) is 35.6 Å². The van der Waals surface area contributed by atoms with E-state index in [0.717, 1.165) is 21.7 Å².